The highest BCUT2D eigenvalue weighted by Gasteiger charge is 2.32. The van der Waals surface area contributed by atoms with Crippen molar-refractivity contribution in [1.82, 2.24) is 4.31 Å². The molecule has 1 aliphatic heterocycles. The van der Waals surface area contributed by atoms with E-state index in [0.717, 1.165) is 6.42 Å². The zero-order valence-corrected chi connectivity index (χ0v) is 9.61. The summed E-state index contributed by atoms with van der Waals surface area (Å²) in [4.78, 5) is 0. The smallest absolute Gasteiger partial charge is 0.212 e. The molecule has 0 amide bonds. The minimum atomic E-state index is -3.12. The van der Waals surface area contributed by atoms with Crippen molar-refractivity contribution in [2.45, 2.75) is 25.5 Å². The van der Waals surface area contributed by atoms with Crippen LogP contribution in [0.1, 0.15) is 20.3 Å². The first-order chi connectivity index (χ1) is 5.98. The number of hydrogen-bond acceptors (Lipinski definition) is 2. The average Bonchev–Trinajstić information content (AvgIpc) is 2.50. The molecule has 0 aliphatic carbocycles. The molecule has 1 rings (SSSR count). The second-order valence-corrected chi connectivity index (χ2v) is 6.42. The number of nitrogens with zero attached hydrogens (tertiary/aromatic N) is 1. The van der Waals surface area contributed by atoms with Crippen molar-refractivity contribution in [3.63, 3.8) is 0 Å². The van der Waals surface area contributed by atoms with Crippen molar-refractivity contribution in [3.8, 4) is 0 Å². The molecule has 1 heterocycles. The molecule has 1 fully saturated rings. The van der Waals surface area contributed by atoms with Gasteiger partial charge in [-0.25, -0.2) is 12.7 Å². The van der Waals surface area contributed by atoms with Crippen LogP contribution >= 0.6 is 11.6 Å². The van der Waals surface area contributed by atoms with Crippen molar-refractivity contribution in [3.05, 3.63) is 0 Å². The van der Waals surface area contributed by atoms with E-state index in [-0.39, 0.29) is 5.88 Å². The molecule has 3 nitrogen and oxygen atoms in total. The Morgan fingerprint density at radius 2 is 2.23 bits per heavy atom. The third kappa shape index (κ3) is 2.36. The first-order valence-electron chi connectivity index (χ1n) is 4.53. The van der Waals surface area contributed by atoms with Crippen molar-refractivity contribution in [1.29, 1.82) is 0 Å². The van der Waals surface area contributed by atoms with Crippen molar-refractivity contribution in [2.75, 3.05) is 19.0 Å². The molecule has 1 saturated heterocycles. The monoisotopic (exact) mass is 225 g/mol. The lowest BCUT2D eigenvalue weighted by Crippen LogP contribution is -2.36. The van der Waals surface area contributed by atoms with Crippen LogP contribution in [0.25, 0.3) is 0 Å². The van der Waals surface area contributed by atoms with Crippen LogP contribution in [0.15, 0.2) is 0 Å². The molecule has 5 heteroatoms. The fourth-order valence-corrected chi connectivity index (χ4v) is 3.43. The van der Waals surface area contributed by atoms with Gasteiger partial charge < -0.3 is 0 Å². The largest absolute Gasteiger partial charge is 0.217 e. The van der Waals surface area contributed by atoms with Crippen LogP contribution in [0.3, 0.4) is 0 Å². The molecule has 13 heavy (non-hydrogen) atoms. The molecule has 0 aromatic carbocycles. The molecule has 0 radical (unpaired) electrons. The fourth-order valence-electron chi connectivity index (χ4n) is 1.46. The van der Waals surface area contributed by atoms with Gasteiger partial charge in [-0.05, 0) is 19.3 Å². The van der Waals surface area contributed by atoms with Crippen LogP contribution in [-0.4, -0.2) is 36.9 Å². The minimum Gasteiger partial charge on any atom is -0.212 e. The number of hydrogen-bond donors (Lipinski definition) is 0. The summed E-state index contributed by atoms with van der Waals surface area (Å²) < 4.78 is 25.1. The van der Waals surface area contributed by atoms with Crippen molar-refractivity contribution in [2.24, 2.45) is 5.92 Å². The summed E-state index contributed by atoms with van der Waals surface area (Å²) in [5, 5.41) is -0.459. The summed E-state index contributed by atoms with van der Waals surface area (Å²) in [5.74, 6) is 0.657. The first-order valence-corrected chi connectivity index (χ1v) is 6.57. The Morgan fingerprint density at radius 3 is 2.62 bits per heavy atom. The third-order valence-corrected chi connectivity index (χ3v) is 5.35. The van der Waals surface area contributed by atoms with Gasteiger partial charge >= 0.3 is 0 Å². The van der Waals surface area contributed by atoms with Gasteiger partial charge in [-0.15, -0.1) is 11.6 Å². The SMILES string of the molecule is CC1CCN(S(=O)(=O)C(C)CCl)C1. The molecular weight excluding hydrogens is 210 g/mol. The second-order valence-electron chi connectivity index (χ2n) is 3.76. The Kier molecular flexibility index (Phi) is 3.60. The molecule has 0 aromatic heterocycles. The Morgan fingerprint density at radius 1 is 1.62 bits per heavy atom. The van der Waals surface area contributed by atoms with E-state index in [0.29, 0.717) is 19.0 Å². The van der Waals surface area contributed by atoms with Gasteiger partial charge in [0.25, 0.3) is 0 Å². The highest BCUT2D eigenvalue weighted by atomic mass is 35.5. The van der Waals surface area contributed by atoms with Crippen LogP contribution in [0.4, 0.5) is 0 Å². The van der Waals surface area contributed by atoms with E-state index in [4.69, 9.17) is 11.6 Å². The number of halogens is 1. The molecule has 0 spiro atoms. The predicted octanol–water partition coefficient (Wildman–Crippen LogP) is 1.29. The van der Waals surface area contributed by atoms with E-state index in [2.05, 4.69) is 6.92 Å². The molecule has 0 saturated carbocycles. The summed E-state index contributed by atoms with van der Waals surface area (Å²) in [6, 6.07) is 0. The quantitative estimate of drug-likeness (QED) is 0.679. The molecule has 78 valence electrons. The van der Waals surface area contributed by atoms with Crippen LogP contribution in [0, 0.1) is 5.92 Å². The molecule has 2 atom stereocenters. The topological polar surface area (TPSA) is 37.4 Å². The second kappa shape index (κ2) is 4.15. The molecule has 2 unspecified atom stereocenters. The minimum absolute atomic E-state index is 0.174. The molecular formula is C8H16ClNO2S. The van der Waals surface area contributed by atoms with E-state index in [1.54, 1.807) is 11.2 Å². The Hall–Kier alpha value is 0.200. The van der Waals surface area contributed by atoms with Crippen LogP contribution in [-0.2, 0) is 10.0 Å². The predicted molar refractivity (Wildman–Crippen MR) is 54.5 cm³/mol. The summed E-state index contributed by atoms with van der Waals surface area (Å²) in [7, 11) is -3.12. The van der Waals surface area contributed by atoms with Gasteiger partial charge in [-0.1, -0.05) is 6.92 Å². The molecule has 0 aromatic rings. The number of alkyl halides is 1. The number of sulfonamides is 1. The lowest BCUT2D eigenvalue weighted by Gasteiger charge is -2.19. The van der Waals surface area contributed by atoms with Gasteiger partial charge in [0, 0.05) is 19.0 Å². The maximum Gasteiger partial charge on any atom is 0.217 e. The van der Waals surface area contributed by atoms with E-state index in [9.17, 15) is 8.42 Å². The van der Waals surface area contributed by atoms with E-state index in [1.807, 2.05) is 0 Å². The van der Waals surface area contributed by atoms with Crippen LogP contribution < -0.4 is 0 Å². The summed E-state index contributed by atoms with van der Waals surface area (Å²) in [6.45, 7) is 5.04. The molecule has 0 bridgehead atoms. The molecule has 0 N–H and O–H groups in total. The Balaban J connectivity index is 2.71. The summed E-state index contributed by atoms with van der Waals surface area (Å²) in [5.41, 5.74) is 0. The molecule has 1 aliphatic rings. The van der Waals surface area contributed by atoms with E-state index in [1.165, 1.54) is 0 Å². The van der Waals surface area contributed by atoms with Crippen molar-refractivity contribution >= 4 is 21.6 Å². The standard InChI is InChI=1S/C8H16ClNO2S/c1-7-3-4-10(6-7)13(11,12)8(2)5-9/h7-8H,3-6H2,1-2H3. The average molecular weight is 226 g/mol. The normalized spacial score (nSPS) is 27.8. The summed E-state index contributed by atoms with van der Waals surface area (Å²) >= 11 is 5.55. The zero-order chi connectivity index (χ0) is 10.1. The van der Waals surface area contributed by atoms with Gasteiger partial charge in [0.1, 0.15) is 0 Å². The van der Waals surface area contributed by atoms with Crippen LogP contribution in [0.2, 0.25) is 0 Å². The van der Waals surface area contributed by atoms with Crippen LogP contribution in [0.5, 0.6) is 0 Å². The Bertz CT molecular complexity index is 265. The van der Waals surface area contributed by atoms with E-state index < -0.39 is 15.3 Å². The highest BCUT2D eigenvalue weighted by Crippen LogP contribution is 2.21. The third-order valence-electron chi connectivity index (χ3n) is 2.47. The maximum absolute atomic E-state index is 11.8. The van der Waals surface area contributed by atoms with Gasteiger partial charge in [-0.3, -0.25) is 0 Å². The fraction of sp³-hybridized carbons (Fsp3) is 1.00. The summed E-state index contributed by atoms with van der Waals surface area (Å²) in [6.07, 6.45) is 0.967. The maximum atomic E-state index is 11.8. The van der Waals surface area contributed by atoms with Gasteiger partial charge in [0.2, 0.25) is 10.0 Å². The van der Waals surface area contributed by atoms with Crippen molar-refractivity contribution < 1.29 is 8.42 Å². The van der Waals surface area contributed by atoms with Gasteiger partial charge in [0.15, 0.2) is 0 Å². The number of rotatable bonds is 3. The van der Waals surface area contributed by atoms with Gasteiger partial charge in [-0.2, -0.15) is 0 Å². The van der Waals surface area contributed by atoms with Gasteiger partial charge in [0.05, 0.1) is 5.25 Å². The zero-order valence-electron chi connectivity index (χ0n) is 8.03. The lowest BCUT2D eigenvalue weighted by atomic mass is 10.2. The highest BCUT2D eigenvalue weighted by molar-refractivity contribution is 7.89. The first kappa shape index (κ1) is 11.3. The lowest BCUT2D eigenvalue weighted by molar-refractivity contribution is 0.458. The van der Waals surface area contributed by atoms with E-state index >= 15 is 0 Å². The Labute approximate surface area is 85.1 Å².